The van der Waals surface area contributed by atoms with E-state index in [0.717, 1.165) is 6.07 Å². The van der Waals surface area contributed by atoms with Gasteiger partial charge in [-0.2, -0.15) is 26.3 Å². The smallest absolute Gasteiger partial charge is 0.433 e. The van der Waals surface area contributed by atoms with Crippen molar-refractivity contribution in [2.75, 3.05) is 11.9 Å². The highest BCUT2D eigenvalue weighted by atomic mass is 19.4. The Hall–Kier alpha value is -2.00. The van der Waals surface area contributed by atoms with Crippen LogP contribution in [0.25, 0.3) is 0 Å². The number of nitrogens with zero attached hydrogens (tertiary/aromatic N) is 1. The lowest BCUT2D eigenvalue weighted by Gasteiger charge is -2.21. The first-order chi connectivity index (χ1) is 10.2. The Balaban J connectivity index is 3.20. The number of alkyl halides is 6. The molecule has 0 unspecified atom stereocenters. The van der Waals surface area contributed by atoms with Crippen LogP contribution in [0.15, 0.2) is 12.1 Å². The third-order valence-electron chi connectivity index (χ3n) is 2.26. The van der Waals surface area contributed by atoms with Crippen LogP contribution in [0.2, 0.25) is 0 Å². The maximum atomic E-state index is 12.6. The van der Waals surface area contributed by atoms with Crippen molar-refractivity contribution in [3.05, 3.63) is 23.4 Å². The van der Waals surface area contributed by atoms with E-state index in [4.69, 9.17) is 4.74 Å². The van der Waals surface area contributed by atoms with Crippen molar-refractivity contribution in [3.63, 3.8) is 0 Å². The van der Waals surface area contributed by atoms with Gasteiger partial charge in [0, 0.05) is 0 Å². The van der Waals surface area contributed by atoms with Crippen molar-refractivity contribution in [2.24, 2.45) is 0 Å². The zero-order valence-electron chi connectivity index (χ0n) is 12.4. The van der Waals surface area contributed by atoms with Crippen LogP contribution in [0.5, 0.6) is 0 Å². The summed E-state index contributed by atoms with van der Waals surface area (Å²) in [4.78, 5) is 15.0. The molecule has 0 saturated heterocycles. The van der Waals surface area contributed by atoms with Crippen LogP contribution in [0.1, 0.15) is 36.8 Å². The minimum atomic E-state index is -4.86. The molecular formula is C13H14F6N2O2. The zero-order valence-corrected chi connectivity index (χ0v) is 12.4. The fourth-order valence-corrected chi connectivity index (χ4v) is 1.43. The van der Waals surface area contributed by atoms with Crippen LogP contribution >= 0.6 is 0 Å². The van der Waals surface area contributed by atoms with E-state index in [-0.39, 0.29) is 0 Å². The van der Waals surface area contributed by atoms with E-state index in [9.17, 15) is 31.1 Å². The molecule has 1 aromatic rings. The zero-order chi connectivity index (χ0) is 18.1. The van der Waals surface area contributed by atoms with Crippen molar-refractivity contribution in [1.29, 1.82) is 0 Å². The number of esters is 1. The highest BCUT2D eigenvalue weighted by Crippen LogP contribution is 2.30. The summed E-state index contributed by atoms with van der Waals surface area (Å²) in [7, 11) is 0. The van der Waals surface area contributed by atoms with E-state index in [1.165, 1.54) is 20.8 Å². The van der Waals surface area contributed by atoms with Crippen LogP contribution in [-0.2, 0) is 10.9 Å². The molecule has 1 rings (SSSR count). The Morgan fingerprint density at radius 2 is 1.70 bits per heavy atom. The Morgan fingerprint density at radius 3 is 2.13 bits per heavy atom. The Morgan fingerprint density at radius 1 is 1.13 bits per heavy atom. The number of halogens is 6. The molecule has 0 atom stereocenters. The van der Waals surface area contributed by atoms with Crippen LogP contribution in [0, 0.1) is 0 Å². The molecule has 1 N–H and O–H groups in total. The Bertz CT molecular complexity index is 575. The molecule has 0 radical (unpaired) electrons. The molecule has 0 amide bonds. The minimum absolute atomic E-state index is 0.498. The van der Waals surface area contributed by atoms with Crippen molar-refractivity contribution in [1.82, 2.24) is 4.98 Å². The third kappa shape index (κ3) is 6.33. The molecule has 0 spiro atoms. The van der Waals surface area contributed by atoms with E-state index in [1.54, 1.807) is 5.32 Å². The van der Waals surface area contributed by atoms with Gasteiger partial charge in [0.2, 0.25) is 0 Å². The van der Waals surface area contributed by atoms with E-state index >= 15 is 0 Å². The SMILES string of the molecule is CC(C)(C)OC(=O)c1ccc(C(F)(F)F)nc1NCC(F)(F)F. The van der Waals surface area contributed by atoms with Crippen LogP contribution in [0.4, 0.5) is 32.2 Å². The summed E-state index contributed by atoms with van der Waals surface area (Å²) in [5, 5.41) is 1.70. The van der Waals surface area contributed by atoms with Gasteiger partial charge >= 0.3 is 18.3 Å². The first-order valence-corrected chi connectivity index (χ1v) is 6.31. The number of ether oxygens (including phenoxy) is 1. The quantitative estimate of drug-likeness (QED) is 0.664. The van der Waals surface area contributed by atoms with Gasteiger partial charge in [0.15, 0.2) is 0 Å². The van der Waals surface area contributed by atoms with Crippen LogP contribution in [0.3, 0.4) is 0 Å². The van der Waals surface area contributed by atoms with Gasteiger partial charge < -0.3 is 10.1 Å². The van der Waals surface area contributed by atoms with Crippen molar-refractivity contribution in [2.45, 2.75) is 38.7 Å². The highest BCUT2D eigenvalue weighted by molar-refractivity contribution is 5.94. The maximum Gasteiger partial charge on any atom is 0.433 e. The van der Waals surface area contributed by atoms with Gasteiger partial charge in [-0.05, 0) is 32.9 Å². The summed E-state index contributed by atoms with van der Waals surface area (Å²) in [5.74, 6) is -1.92. The molecule has 0 saturated carbocycles. The summed E-state index contributed by atoms with van der Waals surface area (Å²) in [6.07, 6.45) is -9.55. The second-order valence-corrected chi connectivity index (χ2v) is 5.56. The third-order valence-corrected chi connectivity index (χ3v) is 2.26. The molecule has 10 heteroatoms. The number of rotatable bonds is 3. The van der Waals surface area contributed by atoms with Crippen LogP contribution in [-0.4, -0.2) is 29.3 Å². The lowest BCUT2D eigenvalue weighted by Crippen LogP contribution is -2.27. The number of nitrogens with one attached hydrogen (secondary N) is 1. The predicted octanol–water partition coefficient (Wildman–Crippen LogP) is 4.03. The normalized spacial score (nSPS) is 12.9. The first-order valence-electron chi connectivity index (χ1n) is 6.31. The second-order valence-electron chi connectivity index (χ2n) is 5.56. The van der Waals surface area contributed by atoms with Crippen LogP contribution < -0.4 is 5.32 Å². The molecule has 0 bridgehead atoms. The summed E-state index contributed by atoms with van der Waals surface area (Å²) in [5.41, 5.74) is -2.91. The molecule has 4 nitrogen and oxygen atoms in total. The lowest BCUT2D eigenvalue weighted by molar-refractivity contribution is -0.141. The molecule has 23 heavy (non-hydrogen) atoms. The topological polar surface area (TPSA) is 51.2 Å². The van der Waals surface area contributed by atoms with Gasteiger partial charge in [-0.25, -0.2) is 9.78 Å². The van der Waals surface area contributed by atoms with Gasteiger partial charge in [-0.1, -0.05) is 0 Å². The summed E-state index contributed by atoms with van der Waals surface area (Å²) in [6.45, 7) is 2.87. The van der Waals surface area contributed by atoms with Gasteiger partial charge in [-0.3, -0.25) is 0 Å². The van der Waals surface area contributed by atoms with Gasteiger partial charge in [0.05, 0.1) is 0 Å². The Labute approximate surface area is 127 Å². The molecule has 1 aromatic heterocycles. The number of carbonyl (C=O) groups is 1. The largest absolute Gasteiger partial charge is 0.456 e. The number of aromatic nitrogens is 1. The number of hydrogen-bond donors (Lipinski definition) is 1. The summed E-state index contributed by atoms with van der Waals surface area (Å²) < 4.78 is 79.5. The van der Waals surface area contributed by atoms with Crippen molar-refractivity contribution in [3.8, 4) is 0 Å². The van der Waals surface area contributed by atoms with Crippen molar-refractivity contribution < 1.29 is 35.9 Å². The van der Waals surface area contributed by atoms with E-state index in [2.05, 4.69) is 4.98 Å². The molecule has 0 aliphatic carbocycles. The van der Waals surface area contributed by atoms with Gasteiger partial charge in [0.25, 0.3) is 0 Å². The fraction of sp³-hybridized carbons (Fsp3) is 0.538. The van der Waals surface area contributed by atoms with Gasteiger partial charge in [0.1, 0.15) is 29.2 Å². The lowest BCUT2D eigenvalue weighted by atomic mass is 10.1. The van der Waals surface area contributed by atoms with Crippen molar-refractivity contribution >= 4 is 11.8 Å². The van der Waals surface area contributed by atoms with E-state index in [0.29, 0.717) is 6.07 Å². The Kier molecular flexibility index (Phi) is 5.17. The molecule has 130 valence electrons. The number of pyridine rings is 1. The van der Waals surface area contributed by atoms with E-state index < -0.39 is 47.5 Å². The minimum Gasteiger partial charge on any atom is -0.456 e. The molecule has 0 fully saturated rings. The molecular weight excluding hydrogens is 330 g/mol. The molecule has 0 aliphatic rings. The summed E-state index contributed by atoms with van der Waals surface area (Å²) >= 11 is 0. The van der Waals surface area contributed by atoms with E-state index in [1.807, 2.05) is 0 Å². The molecule has 1 heterocycles. The molecule has 0 aliphatic heterocycles. The molecule has 0 aromatic carbocycles. The second kappa shape index (κ2) is 6.25. The standard InChI is InChI=1S/C13H14F6N2O2/c1-11(2,3)23-10(22)7-4-5-8(13(17,18)19)21-9(7)20-6-12(14,15)16/h4-5H,6H2,1-3H3,(H,20,21). The van der Waals surface area contributed by atoms with Gasteiger partial charge in [-0.15, -0.1) is 0 Å². The monoisotopic (exact) mass is 344 g/mol. The number of carbonyl (C=O) groups excluding carboxylic acids is 1. The average Bonchev–Trinajstić information content (AvgIpc) is 2.31. The first kappa shape index (κ1) is 19.0. The summed E-state index contributed by atoms with van der Waals surface area (Å²) in [6, 6.07) is 1.22. The number of anilines is 1. The predicted molar refractivity (Wildman–Crippen MR) is 69.0 cm³/mol. The highest BCUT2D eigenvalue weighted by Gasteiger charge is 2.35. The fourth-order valence-electron chi connectivity index (χ4n) is 1.43. The maximum absolute atomic E-state index is 12.6. The number of hydrogen-bond acceptors (Lipinski definition) is 4. The average molecular weight is 344 g/mol.